The number of aliphatic carboxylic acids is 1. The lowest BCUT2D eigenvalue weighted by Crippen LogP contribution is -2.49. The van der Waals surface area contributed by atoms with E-state index < -0.39 is 18.0 Å². The van der Waals surface area contributed by atoms with Crippen LogP contribution in [0.4, 0.5) is 4.79 Å². The van der Waals surface area contributed by atoms with Gasteiger partial charge in [0.25, 0.3) is 0 Å². The first-order chi connectivity index (χ1) is 7.04. The van der Waals surface area contributed by atoms with Gasteiger partial charge in [-0.25, -0.2) is 9.59 Å². The van der Waals surface area contributed by atoms with E-state index in [2.05, 4.69) is 17.2 Å². The number of amides is 2. The zero-order valence-electron chi connectivity index (χ0n) is 8.69. The normalized spacial score (nSPS) is 18.7. The third-order valence-electron chi connectivity index (χ3n) is 2.36. The van der Waals surface area contributed by atoms with Gasteiger partial charge in [-0.1, -0.05) is 6.08 Å². The van der Waals surface area contributed by atoms with E-state index in [4.69, 9.17) is 5.11 Å². The van der Waals surface area contributed by atoms with Crippen LogP contribution in [0.5, 0.6) is 0 Å². The van der Waals surface area contributed by atoms with Crippen molar-refractivity contribution in [1.82, 2.24) is 10.6 Å². The first-order valence-corrected chi connectivity index (χ1v) is 4.97. The van der Waals surface area contributed by atoms with Gasteiger partial charge in [-0.15, -0.1) is 6.58 Å². The minimum absolute atomic E-state index is 0.0901. The first kappa shape index (κ1) is 11.6. The van der Waals surface area contributed by atoms with Crippen LogP contribution in [0.15, 0.2) is 12.7 Å². The van der Waals surface area contributed by atoms with Gasteiger partial charge >= 0.3 is 12.0 Å². The molecule has 2 unspecified atom stereocenters. The number of carbonyl (C=O) groups is 2. The number of nitrogens with one attached hydrogen (secondary N) is 2. The average molecular weight is 212 g/mol. The van der Waals surface area contributed by atoms with Gasteiger partial charge in [0.05, 0.1) is 0 Å². The Kier molecular flexibility index (Phi) is 3.71. The summed E-state index contributed by atoms with van der Waals surface area (Å²) in [6.07, 6.45) is 3.31. The average Bonchev–Trinajstić information content (AvgIpc) is 2.96. The highest BCUT2D eigenvalue weighted by atomic mass is 16.4. The van der Waals surface area contributed by atoms with E-state index in [-0.39, 0.29) is 12.0 Å². The van der Waals surface area contributed by atoms with Crippen molar-refractivity contribution in [1.29, 1.82) is 0 Å². The maximum atomic E-state index is 11.3. The topological polar surface area (TPSA) is 78.4 Å². The summed E-state index contributed by atoms with van der Waals surface area (Å²) >= 11 is 0. The molecule has 5 heteroatoms. The second-order valence-electron chi connectivity index (χ2n) is 3.80. The van der Waals surface area contributed by atoms with E-state index >= 15 is 0 Å². The number of carboxylic acid groups (broad SMARTS) is 1. The molecule has 0 saturated heterocycles. The number of urea groups is 1. The molecule has 1 rings (SSSR count). The molecule has 15 heavy (non-hydrogen) atoms. The van der Waals surface area contributed by atoms with Gasteiger partial charge in [-0.05, 0) is 25.7 Å². The molecule has 0 aromatic carbocycles. The largest absolute Gasteiger partial charge is 0.480 e. The molecule has 0 heterocycles. The van der Waals surface area contributed by atoms with Crippen molar-refractivity contribution in [2.24, 2.45) is 5.92 Å². The highest BCUT2D eigenvalue weighted by Crippen LogP contribution is 2.32. The molecule has 1 fully saturated rings. The van der Waals surface area contributed by atoms with Crippen molar-refractivity contribution < 1.29 is 14.7 Å². The van der Waals surface area contributed by atoms with Crippen molar-refractivity contribution in [2.75, 3.05) is 0 Å². The highest BCUT2D eigenvalue weighted by molar-refractivity contribution is 5.83. The van der Waals surface area contributed by atoms with E-state index in [1.807, 2.05) is 0 Å². The molecule has 5 nitrogen and oxygen atoms in total. The summed E-state index contributed by atoms with van der Waals surface area (Å²) in [5, 5.41) is 13.9. The summed E-state index contributed by atoms with van der Waals surface area (Å²) in [4.78, 5) is 22.1. The van der Waals surface area contributed by atoms with Crippen LogP contribution in [0.2, 0.25) is 0 Å². The maximum Gasteiger partial charge on any atom is 0.326 e. The summed E-state index contributed by atoms with van der Waals surface area (Å²) < 4.78 is 0. The lowest BCUT2D eigenvalue weighted by molar-refractivity contribution is -0.139. The van der Waals surface area contributed by atoms with Crippen LogP contribution < -0.4 is 10.6 Å². The fraction of sp³-hybridized carbons (Fsp3) is 0.600. The van der Waals surface area contributed by atoms with Crippen LogP contribution >= 0.6 is 0 Å². The van der Waals surface area contributed by atoms with Gasteiger partial charge in [-0.2, -0.15) is 0 Å². The van der Waals surface area contributed by atoms with E-state index in [1.165, 1.54) is 0 Å². The summed E-state index contributed by atoms with van der Waals surface area (Å²) in [7, 11) is 0. The van der Waals surface area contributed by atoms with Crippen molar-refractivity contribution >= 4 is 12.0 Å². The molecule has 1 aliphatic rings. The maximum absolute atomic E-state index is 11.3. The summed E-state index contributed by atoms with van der Waals surface area (Å²) in [5.74, 6) is -0.883. The second kappa shape index (κ2) is 4.82. The Hall–Kier alpha value is -1.52. The van der Waals surface area contributed by atoms with E-state index in [0.717, 1.165) is 12.8 Å². The molecule has 0 bridgehead atoms. The molecule has 0 aromatic rings. The first-order valence-electron chi connectivity index (χ1n) is 4.97. The predicted molar refractivity (Wildman–Crippen MR) is 55.5 cm³/mol. The quantitative estimate of drug-likeness (QED) is 0.588. The van der Waals surface area contributed by atoms with Crippen LogP contribution in [0.1, 0.15) is 19.8 Å². The number of hydrogen-bond acceptors (Lipinski definition) is 2. The standard InChI is InChI=1S/C10H16N2O3/c1-3-6(2)11-10(15)12-8(9(13)14)7-4-5-7/h3,6-8H,1,4-5H2,2H3,(H,13,14)(H2,11,12,15). The van der Waals surface area contributed by atoms with Crippen molar-refractivity contribution in [2.45, 2.75) is 31.8 Å². The molecule has 2 atom stereocenters. The van der Waals surface area contributed by atoms with Gasteiger partial charge in [0.1, 0.15) is 6.04 Å². The Balaban J connectivity index is 2.40. The second-order valence-corrected chi connectivity index (χ2v) is 3.80. The minimum Gasteiger partial charge on any atom is -0.480 e. The van der Waals surface area contributed by atoms with Crippen LogP contribution in [-0.2, 0) is 4.79 Å². The number of carboxylic acids is 1. The zero-order valence-corrected chi connectivity index (χ0v) is 8.69. The lowest BCUT2D eigenvalue weighted by atomic mass is 10.2. The fourth-order valence-electron chi connectivity index (χ4n) is 1.26. The SMILES string of the molecule is C=CC(C)NC(=O)NC(C(=O)O)C1CC1. The Bertz CT molecular complexity index is 274. The molecule has 0 aromatic heterocycles. The zero-order chi connectivity index (χ0) is 11.4. The Labute approximate surface area is 88.5 Å². The summed E-state index contributed by atoms with van der Waals surface area (Å²) in [6, 6.07) is -1.39. The molecule has 1 saturated carbocycles. The number of hydrogen-bond donors (Lipinski definition) is 3. The molecule has 0 aliphatic heterocycles. The van der Waals surface area contributed by atoms with Crippen LogP contribution in [0.25, 0.3) is 0 Å². The smallest absolute Gasteiger partial charge is 0.326 e. The van der Waals surface area contributed by atoms with Crippen LogP contribution in [-0.4, -0.2) is 29.2 Å². The molecule has 3 N–H and O–H groups in total. The van der Waals surface area contributed by atoms with Gasteiger partial charge < -0.3 is 15.7 Å². The monoisotopic (exact) mass is 212 g/mol. The highest BCUT2D eigenvalue weighted by Gasteiger charge is 2.37. The van der Waals surface area contributed by atoms with Gasteiger partial charge in [0.15, 0.2) is 0 Å². The van der Waals surface area contributed by atoms with Crippen LogP contribution in [0, 0.1) is 5.92 Å². The third-order valence-corrected chi connectivity index (χ3v) is 2.36. The molecule has 1 aliphatic carbocycles. The fourth-order valence-corrected chi connectivity index (χ4v) is 1.26. The molecule has 2 amide bonds. The molecular formula is C10H16N2O3. The number of rotatable bonds is 5. The Morgan fingerprint density at radius 3 is 2.47 bits per heavy atom. The molecule has 84 valence electrons. The van der Waals surface area contributed by atoms with E-state index in [0.29, 0.717) is 0 Å². The number of carbonyl (C=O) groups excluding carboxylic acids is 1. The Morgan fingerprint density at radius 1 is 1.47 bits per heavy atom. The summed E-state index contributed by atoms with van der Waals surface area (Å²) in [6.45, 7) is 5.28. The molecule has 0 radical (unpaired) electrons. The Morgan fingerprint density at radius 2 is 2.07 bits per heavy atom. The molecule has 0 spiro atoms. The van der Waals surface area contributed by atoms with Gasteiger partial charge in [0, 0.05) is 6.04 Å². The van der Waals surface area contributed by atoms with Crippen molar-refractivity contribution in [3.8, 4) is 0 Å². The predicted octanol–water partition coefficient (Wildman–Crippen LogP) is 0.723. The van der Waals surface area contributed by atoms with Crippen molar-refractivity contribution in [3.05, 3.63) is 12.7 Å². The minimum atomic E-state index is -0.973. The third kappa shape index (κ3) is 3.61. The van der Waals surface area contributed by atoms with Gasteiger partial charge in [-0.3, -0.25) is 0 Å². The van der Waals surface area contributed by atoms with Crippen molar-refractivity contribution in [3.63, 3.8) is 0 Å². The van der Waals surface area contributed by atoms with Crippen LogP contribution in [0.3, 0.4) is 0 Å². The van der Waals surface area contributed by atoms with E-state index in [9.17, 15) is 9.59 Å². The summed E-state index contributed by atoms with van der Waals surface area (Å²) in [5.41, 5.74) is 0. The lowest BCUT2D eigenvalue weighted by Gasteiger charge is -2.16. The van der Waals surface area contributed by atoms with E-state index in [1.54, 1.807) is 13.0 Å². The van der Waals surface area contributed by atoms with Gasteiger partial charge in [0.2, 0.25) is 0 Å². The molecular weight excluding hydrogens is 196 g/mol.